The first-order chi connectivity index (χ1) is 10.6. The summed E-state index contributed by atoms with van der Waals surface area (Å²) in [7, 11) is -3.74. The summed E-state index contributed by atoms with van der Waals surface area (Å²) in [6, 6.07) is 9.27. The van der Waals surface area contributed by atoms with E-state index in [0.29, 0.717) is 0 Å². The van der Waals surface area contributed by atoms with Crippen LogP contribution in [0, 0.1) is 0 Å². The molecule has 0 atom stereocenters. The SMILES string of the molecule is O=S(=O)(c1ccc2c3c(cccc13)CC2)N(CCO)CCO. The van der Waals surface area contributed by atoms with E-state index in [9.17, 15) is 8.42 Å². The van der Waals surface area contributed by atoms with E-state index < -0.39 is 10.0 Å². The summed E-state index contributed by atoms with van der Waals surface area (Å²) in [6.45, 7) is -0.599. The van der Waals surface area contributed by atoms with Gasteiger partial charge in [-0.25, -0.2) is 8.42 Å². The predicted molar refractivity (Wildman–Crippen MR) is 84.3 cm³/mol. The Morgan fingerprint density at radius 3 is 2.23 bits per heavy atom. The quantitative estimate of drug-likeness (QED) is 0.829. The van der Waals surface area contributed by atoms with Crippen molar-refractivity contribution in [2.45, 2.75) is 17.7 Å². The van der Waals surface area contributed by atoms with E-state index in [-0.39, 0.29) is 31.2 Å². The number of hydrogen-bond acceptors (Lipinski definition) is 4. The van der Waals surface area contributed by atoms with Gasteiger partial charge in [-0.3, -0.25) is 0 Å². The molecular weight excluding hydrogens is 302 g/mol. The van der Waals surface area contributed by atoms with Crippen molar-refractivity contribution in [3.8, 4) is 0 Å². The van der Waals surface area contributed by atoms with Gasteiger partial charge in [0.2, 0.25) is 10.0 Å². The van der Waals surface area contributed by atoms with Crippen molar-refractivity contribution in [1.82, 2.24) is 4.31 Å². The van der Waals surface area contributed by atoms with Gasteiger partial charge in [0.05, 0.1) is 18.1 Å². The van der Waals surface area contributed by atoms with Crippen molar-refractivity contribution in [2.75, 3.05) is 26.3 Å². The fourth-order valence-electron chi connectivity index (χ4n) is 3.16. The highest BCUT2D eigenvalue weighted by atomic mass is 32.2. The Morgan fingerprint density at radius 2 is 1.59 bits per heavy atom. The van der Waals surface area contributed by atoms with Crippen molar-refractivity contribution >= 4 is 20.8 Å². The Hall–Kier alpha value is -1.47. The van der Waals surface area contributed by atoms with Gasteiger partial charge in [-0.15, -0.1) is 0 Å². The van der Waals surface area contributed by atoms with Crippen molar-refractivity contribution in [2.24, 2.45) is 0 Å². The number of aryl methyl sites for hydroxylation is 2. The molecule has 0 aromatic heterocycles. The minimum atomic E-state index is -3.74. The lowest BCUT2D eigenvalue weighted by molar-refractivity contribution is 0.217. The van der Waals surface area contributed by atoms with Gasteiger partial charge in [-0.1, -0.05) is 24.3 Å². The standard InChI is InChI=1S/C16H19NO4S/c18-10-8-17(9-11-19)22(20,21)15-7-6-13-5-4-12-2-1-3-14(15)16(12)13/h1-3,6-7,18-19H,4-5,8-11H2. The van der Waals surface area contributed by atoms with Crippen molar-refractivity contribution in [3.05, 3.63) is 41.5 Å². The third kappa shape index (κ3) is 2.42. The normalized spacial score (nSPS) is 14.1. The summed E-state index contributed by atoms with van der Waals surface area (Å²) in [5.74, 6) is 0. The molecular formula is C16H19NO4S. The Bertz CT molecular complexity index is 785. The molecule has 1 aliphatic rings. The second kappa shape index (κ2) is 5.96. The molecule has 0 saturated heterocycles. The molecule has 0 aliphatic heterocycles. The minimum Gasteiger partial charge on any atom is -0.395 e. The monoisotopic (exact) mass is 321 g/mol. The zero-order valence-electron chi connectivity index (χ0n) is 12.2. The Balaban J connectivity index is 2.18. The van der Waals surface area contributed by atoms with Crippen LogP contribution in [0.1, 0.15) is 11.1 Å². The highest BCUT2D eigenvalue weighted by Crippen LogP contribution is 2.35. The van der Waals surface area contributed by atoms with E-state index in [1.807, 2.05) is 24.3 Å². The first-order valence-corrected chi connectivity index (χ1v) is 8.79. The molecule has 0 spiro atoms. The van der Waals surface area contributed by atoms with E-state index in [1.54, 1.807) is 6.07 Å². The fraction of sp³-hybridized carbons (Fsp3) is 0.375. The first-order valence-electron chi connectivity index (χ1n) is 7.35. The van der Waals surface area contributed by atoms with Gasteiger partial charge < -0.3 is 10.2 Å². The number of aliphatic hydroxyl groups excluding tert-OH is 2. The van der Waals surface area contributed by atoms with Crippen LogP contribution in [0.3, 0.4) is 0 Å². The van der Waals surface area contributed by atoms with Crippen molar-refractivity contribution in [1.29, 1.82) is 0 Å². The summed E-state index contributed by atoms with van der Waals surface area (Å²) in [5, 5.41) is 20.0. The second-order valence-corrected chi connectivity index (χ2v) is 7.32. The summed E-state index contributed by atoms with van der Waals surface area (Å²) >= 11 is 0. The largest absolute Gasteiger partial charge is 0.395 e. The van der Waals surface area contributed by atoms with Gasteiger partial charge in [-0.05, 0) is 35.4 Å². The third-order valence-electron chi connectivity index (χ3n) is 4.15. The molecule has 0 saturated carbocycles. The molecule has 2 aromatic rings. The van der Waals surface area contributed by atoms with Crippen LogP contribution in [-0.4, -0.2) is 49.2 Å². The maximum absolute atomic E-state index is 12.9. The third-order valence-corrected chi connectivity index (χ3v) is 6.11. The number of sulfonamides is 1. The van der Waals surface area contributed by atoms with Crippen LogP contribution in [0.2, 0.25) is 0 Å². The predicted octanol–water partition coefficient (Wildman–Crippen LogP) is 0.914. The lowest BCUT2D eigenvalue weighted by Gasteiger charge is -2.21. The molecule has 3 rings (SSSR count). The first kappa shape index (κ1) is 15.4. The highest BCUT2D eigenvalue weighted by Gasteiger charge is 2.27. The molecule has 0 amide bonds. The molecule has 0 heterocycles. The van der Waals surface area contributed by atoms with Crippen LogP contribution in [0.5, 0.6) is 0 Å². The molecule has 5 nitrogen and oxygen atoms in total. The molecule has 118 valence electrons. The highest BCUT2D eigenvalue weighted by molar-refractivity contribution is 7.89. The topological polar surface area (TPSA) is 77.8 Å². The van der Waals surface area contributed by atoms with E-state index in [4.69, 9.17) is 10.2 Å². The van der Waals surface area contributed by atoms with Gasteiger partial charge in [0, 0.05) is 18.5 Å². The van der Waals surface area contributed by atoms with Crippen LogP contribution in [0.15, 0.2) is 35.2 Å². The molecule has 6 heteroatoms. The molecule has 0 unspecified atom stereocenters. The lowest BCUT2D eigenvalue weighted by Crippen LogP contribution is -2.36. The molecule has 1 aliphatic carbocycles. The van der Waals surface area contributed by atoms with Crippen LogP contribution in [0.25, 0.3) is 10.8 Å². The van der Waals surface area contributed by atoms with Crippen LogP contribution >= 0.6 is 0 Å². The molecule has 0 bridgehead atoms. The summed E-state index contributed by atoms with van der Waals surface area (Å²) in [6.07, 6.45) is 1.88. The molecule has 2 aromatic carbocycles. The average Bonchev–Trinajstić information content (AvgIpc) is 2.93. The van der Waals surface area contributed by atoms with Gasteiger partial charge in [0.15, 0.2) is 0 Å². The van der Waals surface area contributed by atoms with Gasteiger partial charge in [0.1, 0.15) is 0 Å². The molecule has 22 heavy (non-hydrogen) atoms. The number of hydrogen-bond donors (Lipinski definition) is 2. The summed E-state index contributed by atoms with van der Waals surface area (Å²) in [5.41, 5.74) is 2.36. The van der Waals surface area contributed by atoms with Gasteiger partial charge in [0.25, 0.3) is 0 Å². The van der Waals surface area contributed by atoms with E-state index in [1.165, 1.54) is 11.1 Å². The maximum Gasteiger partial charge on any atom is 0.243 e. The van der Waals surface area contributed by atoms with Crippen molar-refractivity contribution < 1.29 is 18.6 Å². The smallest absolute Gasteiger partial charge is 0.243 e. The number of nitrogens with zero attached hydrogens (tertiary/aromatic N) is 1. The lowest BCUT2D eigenvalue weighted by atomic mass is 10.1. The zero-order valence-corrected chi connectivity index (χ0v) is 13.0. The maximum atomic E-state index is 12.9. The number of rotatable bonds is 6. The summed E-state index contributed by atoms with van der Waals surface area (Å²) < 4.78 is 26.9. The Morgan fingerprint density at radius 1 is 0.955 bits per heavy atom. The zero-order chi connectivity index (χ0) is 15.7. The van der Waals surface area contributed by atoms with Gasteiger partial charge >= 0.3 is 0 Å². The Kier molecular flexibility index (Phi) is 4.18. The molecule has 0 radical (unpaired) electrons. The van der Waals surface area contributed by atoms with E-state index in [2.05, 4.69) is 0 Å². The van der Waals surface area contributed by atoms with Crippen LogP contribution < -0.4 is 0 Å². The van der Waals surface area contributed by atoms with Gasteiger partial charge in [-0.2, -0.15) is 4.31 Å². The van der Waals surface area contributed by atoms with E-state index in [0.717, 1.165) is 27.9 Å². The fourth-order valence-corrected chi connectivity index (χ4v) is 4.77. The average molecular weight is 321 g/mol. The van der Waals surface area contributed by atoms with Crippen LogP contribution in [-0.2, 0) is 22.9 Å². The van der Waals surface area contributed by atoms with Crippen LogP contribution in [0.4, 0.5) is 0 Å². The second-order valence-electron chi connectivity index (χ2n) is 5.41. The van der Waals surface area contributed by atoms with Crippen molar-refractivity contribution in [3.63, 3.8) is 0 Å². The number of aliphatic hydroxyl groups is 2. The minimum absolute atomic E-state index is 0.0220. The molecule has 0 fully saturated rings. The Labute approximate surface area is 129 Å². The number of benzene rings is 2. The molecule has 2 N–H and O–H groups in total. The van der Waals surface area contributed by atoms with E-state index >= 15 is 0 Å². The summed E-state index contributed by atoms with van der Waals surface area (Å²) in [4.78, 5) is 0.247.